The van der Waals surface area contributed by atoms with Gasteiger partial charge in [-0.2, -0.15) is 0 Å². The molecule has 2 aromatic carbocycles. The topological polar surface area (TPSA) is 105 Å². The monoisotopic (exact) mass is 533 g/mol. The third kappa shape index (κ3) is 8.11. The summed E-state index contributed by atoms with van der Waals surface area (Å²) in [4.78, 5) is 28.5. The van der Waals surface area contributed by atoms with Gasteiger partial charge < -0.3 is 19.7 Å². The summed E-state index contributed by atoms with van der Waals surface area (Å²) in [5, 5.41) is 2.96. The van der Waals surface area contributed by atoms with Crippen molar-refractivity contribution in [3.05, 3.63) is 53.6 Å². The molecule has 1 N–H and O–H groups in total. The minimum absolute atomic E-state index is 0.0615. The molecule has 0 bridgehead atoms. The van der Waals surface area contributed by atoms with Gasteiger partial charge in [0.1, 0.15) is 24.1 Å². The molecular formula is C27H39N3O6S. The second-order valence-corrected chi connectivity index (χ2v) is 11.0. The Hall–Kier alpha value is -3.27. The first-order valence-corrected chi connectivity index (χ1v) is 14.1. The molecule has 0 radical (unpaired) electrons. The van der Waals surface area contributed by atoms with Crippen LogP contribution in [-0.2, 0) is 26.2 Å². The molecule has 10 heteroatoms. The lowest BCUT2D eigenvalue weighted by molar-refractivity contribution is -0.140. The van der Waals surface area contributed by atoms with Gasteiger partial charge in [0.05, 0.1) is 26.2 Å². The number of ether oxygens (including phenoxy) is 2. The molecule has 2 amide bonds. The summed E-state index contributed by atoms with van der Waals surface area (Å²) in [5.41, 5.74) is 2.06. The quantitative estimate of drug-likeness (QED) is 0.423. The molecule has 37 heavy (non-hydrogen) atoms. The Morgan fingerprint density at radius 1 is 1.03 bits per heavy atom. The Morgan fingerprint density at radius 2 is 1.73 bits per heavy atom. The number of benzene rings is 2. The van der Waals surface area contributed by atoms with Gasteiger partial charge in [-0.25, -0.2) is 8.42 Å². The van der Waals surface area contributed by atoms with Gasteiger partial charge in [0.15, 0.2) is 0 Å². The molecular weight excluding hydrogens is 494 g/mol. The maximum absolute atomic E-state index is 13.8. The molecule has 0 aliphatic rings. The van der Waals surface area contributed by atoms with Crippen LogP contribution in [0.1, 0.15) is 44.7 Å². The average Bonchev–Trinajstić information content (AvgIpc) is 2.85. The van der Waals surface area contributed by atoms with Crippen LogP contribution in [0.4, 0.5) is 5.69 Å². The predicted octanol–water partition coefficient (Wildman–Crippen LogP) is 3.50. The molecule has 0 heterocycles. The van der Waals surface area contributed by atoms with Crippen LogP contribution in [0.25, 0.3) is 0 Å². The highest BCUT2D eigenvalue weighted by Gasteiger charge is 2.33. The average molecular weight is 534 g/mol. The maximum Gasteiger partial charge on any atom is 0.244 e. The summed E-state index contributed by atoms with van der Waals surface area (Å²) in [6.45, 7) is 7.30. The largest absolute Gasteiger partial charge is 0.497 e. The Kier molecular flexibility index (Phi) is 10.8. The van der Waals surface area contributed by atoms with Gasteiger partial charge >= 0.3 is 0 Å². The number of carbonyl (C=O) groups is 2. The minimum atomic E-state index is -3.89. The van der Waals surface area contributed by atoms with E-state index in [-0.39, 0.29) is 29.9 Å². The first kappa shape index (κ1) is 30.0. The SMILES string of the molecule is CC[C@H](C)NC(=O)[C@H](CC)N(Cc1cccc(C)c1)C(=O)CN(c1ccc(OC)cc1OC)S(C)(=O)=O. The molecule has 2 aromatic rings. The molecule has 0 aliphatic heterocycles. The molecule has 0 aromatic heterocycles. The summed E-state index contributed by atoms with van der Waals surface area (Å²) < 4.78 is 37.3. The smallest absolute Gasteiger partial charge is 0.244 e. The van der Waals surface area contributed by atoms with E-state index in [9.17, 15) is 18.0 Å². The molecule has 0 fully saturated rings. The lowest BCUT2D eigenvalue weighted by atomic mass is 10.1. The molecule has 0 saturated heterocycles. The van der Waals surface area contributed by atoms with Gasteiger partial charge in [0.25, 0.3) is 0 Å². The molecule has 0 unspecified atom stereocenters. The summed E-state index contributed by atoms with van der Waals surface area (Å²) >= 11 is 0. The highest BCUT2D eigenvalue weighted by molar-refractivity contribution is 7.92. The lowest BCUT2D eigenvalue weighted by Gasteiger charge is -2.33. The third-order valence-corrected chi connectivity index (χ3v) is 7.28. The Bertz CT molecular complexity index is 1180. The zero-order valence-electron chi connectivity index (χ0n) is 22.8. The number of nitrogens with zero attached hydrogens (tertiary/aromatic N) is 2. The number of anilines is 1. The van der Waals surface area contributed by atoms with Crippen molar-refractivity contribution in [1.82, 2.24) is 10.2 Å². The van der Waals surface area contributed by atoms with Crippen LogP contribution in [0, 0.1) is 6.92 Å². The number of nitrogens with one attached hydrogen (secondary N) is 1. The Labute approximate surface area is 220 Å². The lowest BCUT2D eigenvalue weighted by Crippen LogP contribution is -2.53. The molecule has 2 atom stereocenters. The summed E-state index contributed by atoms with van der Waals surface area (Å²) in [6, 6.07) is 11.5. The van der Waals surface area contributed by atoms with Gasteiger partial charge in [-0.15, -0.1) is 0 Å². The number of hydrogen-bond acceptors (Lipinski definition) is 6. The van der Waals surface area contributed by atoms with Crippen LogP contribution in [-0.4, -0.2) is 64.2 Å². The normalized spacial score (nSPS) is 12.8. The van der Waals surface area contributed by atoms with Crippen LogP contribution in [0.5, 0.6) is 11.5 Å². The van der Waals surface area contributed by atoms with E-state index in [0.717, 1.165) is 28.1 Å². The van der Waals surface area contributed by atoms with Crippen molar-refractivity contribution >= 4 is 27.5 Å². The standard InChI is InChI=1S/C27H39N3O6S/c1-8-20(4)28-27(32)23(9-2)29(17-21-12-10-11-19(3)15-21)26(31)18-30(37(7,33)34)24-14-13-22(35-5)16-25(24)36-6/h10-16,20,23H,8-9,17-18H2,1-7H3,(H,28,32)/t20-,23-/m0/s1. The van der Waals surface area contributed by atoms with Crippen molar-refractivity contribution < 1.29 is 27.5 Å². The van der Waals surface area contributed by atoms with E-state index in [1.165, 1.54) is 25.2 Å². The van der Waals surface area contributed by atoms with Crippen molar-refractivity contribution in [1.29, 1.82) is 0 Å². The Balaban J connectivity index is 2.51. The summed E-state index contributed by atoms with van der Waals surface area (Å²) in [6.07, 6.45) is 2.14. The Morgan fingerprint density at radius 3 is 2.27 bits per heavy atom. The molecule has 9 nitrogen and oxygen atoms in total. The third-order valence-electron chi connectivity index (χ3n) is 6.16. The zero-order valence-corrected chi connectivity index (χ0v) is 23.6. The van der Waals surface area contributed by atoms with E-state index in [0.29, 0.717) is 12.2 Å². The van der Waals surface area contributed by atoms with Gasteiger partial charge in [0, 0.05) is 18.7 Å². The zero-order chi connectivity index (χ0) is 27.8. The summed E-state index contributed by atoms with van der Waals surface area (Å²) in [5.74, 6) is -0.0553. The van der Waals surface area contributed by atoms with Gasteiger partial charge in [-0.1, -0.05) is 43.7 Å². The van der Waals surface area contributed by atoms with Crippen molar-refractivity contribution in [3.8, 4) is 11.5 Å². The molecule has 204 valence electrons. The fraction of sp³-hybridized carbons (Fsp3) is 0.481. The minimum Gasteiger partial charge on any atom is -0.497 e. The van der Waals surface area contributed by atoms with Crippen molar-refractivity contribution in [2.75, 3.05) is 31.3 Å². The van der Waals surface area contributed by atoms with E-state index in [1.54, 1.807) is 12.1 Å². The number of sulfonamides is 1. The van der Waals surface area contributed by atoms with E-state index in [1.807, 2.05) is 52.0 Å². The van der Waals surface area contributed by atoms with Crippen LogP contribution in [0.3, 0.4) is 0 Å². The number of rotatable bonds is 13. The predicted molar refractivity (Wildman–Crippen MR) is 145 cm³/mol. The van der Waals surface area contributed by atoms with Crippen molar-refractivity contribution in [2.24, 2.45) is 0 Å². The second kappa shape index (κ2) is 13.3. The highest BCUT2D eigenvalue weighted by Crippen LogP contribution is 2.33. The molecule has 2 rings (SSSR count). The van der Waals surface area contributed by atoms with Crippen molar-refractivity contribution in [3.63, 3.8) is 0 Å². The maximum atomic E-state index is 13.8. The van der Waals surface area contributed by atoms with E-state index >= 15 is 0 Å². The first-order chi connectivity index (χ1) is 17.4. The number of hydrogen-bond donors (Lipinski definition) is 1. The van der Waals surface area contributed by atoms with Crippen molar-refractivity contribution in [2.45, 2.75) is 59.2 Å². The highest BCUT2D eigenvalue weighted by atomic mass is 32.2. The van der Waals surface area contributed by atoms with Crippen LogP contribution >= 0.6 is 0 Å². The number of aryl methyl sites for hydroxylation is 1. The van der Waals surface area contributed by atoms with E-state index in [4.69, 9.17) is 9.47 Å². The second-order valence-electron chi connectivity index (χ2n) is 9.06. The molecule has 0 spiro atoms. The number of amides is 2. The fourth-order valence-electron chi connectivity index (χ4n) is 3.95. The fourth-order valence-corrected chi connectivity index (χ4v) is 4.81. The van der Waals surface area contributed by atoms with Gasteiger partial charge in [-0.3, -0.25) is 13.9 Å². The van der Waals surface area contributed by atoms with Crippen LogP contribution < -0.4 is 19.1 Å². The number of methoxy groups -OCH3 is 2. The molecule has 0 aliphatic carbocycles. The van der Waals surface area contributed by atoms with Crippen LogP contribution in [0.2, 0.25) is 0 Å². The first-order valence-electron chi connectivity index (χ1n) is 12.3. The van der Waals surface area contributed by atoms with E-state index < -0.39 is 28.5 Å². The molecule has 0 saturated carbocycles. The van der Waals surface area contributed by atoms with Crippen LogP contribution in [0.15, 0.2) is 42.5 Å². The van der Waals surface area contributed by atoms with Gasteiger partial charge in [0.2, 0.25) is 21.8 Å². The summed E-state index contributed by atoms with van der Waals surface area (Å²) in [7, 11) is -0.985. The van der Waals surface area contributed by atoms with E-state index in [2.05, 4.69) is 5.32 Å². The number of carbonyl (C=O) groups excluding carboxylic acids is 2. The van der Waals surface area contributed by atoms with Gasteiger partial charge in [-0.05, 0) is 44.4 Å².